The summed E-state index contributed by atoms with van der Waals surface area (Å²) >= 11 is 11.8. The van der Waals surface area contributed by atoms with Gasteiger partial charge in [-0.15, -0.1) is 0 Å². The van der Waals surface area contributed by atoms with E-state index in [0.29, 0.717) is 55.3 Å². The Balaban J connectivity index is 0.000000201. The van der Waals surface area contributed by atoms with E-state index < -0.39 is 18.3 Å². The third-order valence-electron chi connectivity index (χ3n) is 12.9. The summed E-state index contributed by atoms with van der Waals surface area (Å²) in [5.41, 5.74) is 4.17. The fraction of sp³-hybridized carbons (Fsp3) is 0.206. The first-order valence-electron chi connectivity index (χ1n) is 28.2. The Morgan fingerprint density at radius 3 is 1.49 bits per heavy atom. The van der Waals surface area contributed by atoms with Crippen LogP contribution in [0.25, 0.3) is 49.7 Å². The molecule has 10 aromatic rings. The lowest BCUT2D eigenvalue weighted by molar-refractivity contribution is -0.155. The van der Waals surface area contributed by atoms with E-state index in [9.17, 15) is 19.2 Å². The smallest absolute Gasteiger partial charge is 0.488 e. The van der Waals surface area contributed by atoms with Gasteiger partial charge in [0, 0.05) is 45.4 Å². The highest BCUT2D eigenvalue weighted by atomic mass is 35.5. The first-order valence-corrected chi connectivity index (χ1v) is 29.0. The average molecular weight is 1240 g/mol. The van der Waals surface area contributed by atoms with Crippen LogP contribution in [-0.4, -0.2) is 99.4 Å². The number of halogens is 2. The van der Waals surface area contributed by atoms with E-state index in [-0.39, 0.29) is 49.7 Å². The minimum atomic E-state index is -1.43. The number of hydrogen-bond donors (Lipinski definition) is 5. The second kappa shape index (κ2) is 29.8. The normalized spacial score (nSPS) is 11.1. The molecule has 0 fully saturated rings. The van der Waals surface area contributed by atoms with Crippen molar-refractivity contribution < 1.29 is 57.6 Å². The molecule has 458 valence electrons. The van der Waals surface area contributed by atoms with Crippen molar-refractivity contribution in [3.63, 3.8) is 0 Å². The molecule has 0 aliphatic carbocycles. The van der Waals surface area contributed by atoms with Crippen LogP contribution in [0.3, 0.4) is 0 Å². The molecule has 2 amide bonds. The molecule has 0 atom stereocenters. The number of carbonyl (C=O) groups excluding carboxylic acids is 4. The molecule has 5 N–H and O–H groups in total. The zero-order chi connectivity index (χ0) is 63.8. The van der Waals surface area contributed by atoms with Crippen LogP contribution in [-0.2, 0) is 19.1 Å². The standard InChI is InChI=1S/C34H32ClN3O5.C28H29N3O5.C6H6BClO2/c1-34(2,3)43-31(39)16-17-36-33(40)22-10-13-28(14-11-22)42-30-21-38(27-7-5-6-26(35)20-27)37-32(30)25-9-8-24-19-29(41-4)15-12-23(24)18-25;1-28(2,3)36-25(32)13-14-29-27(33)18-7-10-22(11-8-18)35-24-17-30-31-26(24)21-6-5-20-16-23(34-4)12-9-19(20)15-21;8-6-3-1-2-5(4-6)7(9)10/h5-15,18-21H,16-17H2,1-4H3,(H,36,40);5-12,15-17H,13-14H2,1-4H3,(H,29,33)(H,30,31);1-4,9-10H. The van der Waals surface area contributed by atoms with E-state index >= 15 is 0 Å². The van der Waals surface area contributed by atoms with E-state index in [2.05, 4.69) is 33.0 Å². The third kappa shape index (κ3) is 19.2. The van der Waals surface area contributed by atoms with Gasteiger partial charge in [-0.25, -0.2) is 4.68 Å². The van der Waals surface area contributed by atoms with Crippen LogP contribution >= 0.6 is 23.2 Å². The number of rotatable bonds is 18. The molecule has 2 aromatic heterocycles. The zero-order valence-corrected chi connectivity index (χ0v) is 51.8. The molecular weight excluding hydrogens is 1170 g/mol. The Morgan fingerprint density at radius 2 is 1.01 bits per heavy atom. The van der Waals surface area contributed by atoms with Gasteiger partial charge >= 0.3 is 19.1 Å². The average Bonchev–Trinajstić information content (AvgIpc) is 2.17. The molecule has 2 heterocycles. The Bertz CT molecular complexity index is 4090. The third-order valence-corrected chi connectivity index (χ3v) is 13.4. The van der Waals surface area contributed by atoms with E-state index in [1.807, 2.05) is 78.9 Å². The number of methoxy groups -OCH3 is 2. The van der Waals surface area contributed by atoms with Crippen molar-refractivity contribution in [3.05, 3.63) is 203 Å². The van der Waals surface area contributed by atoms with Gasteiger partial charge in [0.1, 0.15) is 45.6 Å². The molecule has 0 radical (unpaired) electrons. The number of nitrogens with one attached hydrogen (secondary N) is 3. The van der Waals surface area contributed by atoms with Gasteiger partial charge in [-0.3, -0.25) is 24.3 Å². The van der Waals surface area contributed by atoms with E-state index in [0.717, 1.165) is 55.6 Å². The maximum atomic E-state index is 12.6. The summed E-state index contributed by atoms with van der Waals surface area (Å²) in [6, 6.07) is 51.3. The van der Waals surface area contributed by atoms with Gasteiger partial charge in [0.15, 0.2) is 11.5 Å². The van der Waals surface area contributed by atoms with Gasteiger partial charge in [0.2, 0.25) is 0 Å². The molecule has 0 saturated carbocycles. The van der Waals surface area contributed by atoms with Crippen LogP contribution < -0.4 is 35.0 Å². The van der Waals surface area contributed by atoms with E-state index in [1.165, 1.54) is 6.07 Å². The summed E-state index contributed by atoms with van der Waals surface area (Å²) in [5.74, 6) is 2.50. The van der Waals surface area contributed by atoms with Crippen molar-refractivity contribution in [2.45, 2.75) is 65.6 Å². The highest BCUT2D eigenvalue weighted by Crippen LogP contribution is 2.37. The second-order valence-corrected chi connectivity index (χ2v) is 23.0. The number of benzene rings is 8. The fourth-order valence-electron chi connectivity index (χ4n) is 8.76. The van der Waals surface area contributed by atoms with Crippen LogP contribution in [0, 0.1) is 0 Å². The van der Waals surface area contributed by atoms with Crippen LogP contribution in [0.1, 0.15) is 75.1 Å². The molecule has 0 aliphatic heterocycles. The number of fused-ring (bicyclic) bond motifs is 2. The largest absolute Gasteiger partial charge is 0.497 e. The molecule has 21 heteroatoms. The number of amides is 2. The van der Waals surface area contributed by atoms with Crippen LogP contribution in [0.2, 0.25) is 10.0 Å². The molecule has 0 saturated heterocycles. The summed E-state index contributed by atoms with van der Waals surface area (Å²) in [6.07, 6.45) is 3.61. The minimum absolute atomic E-state index is 0.0892. The number of hydrogen-bond acceptors (Lipinski definition) is 14. The SMILES string of the molecule is COc1ccc2cc(-c3[nH]ncc3Oc3ccc(C(=O)NCCC(=O)OC(C)(C)C)cc3)ccc2c1.COc1ccc2cc(-c3nn(-c4cccc(Cl)c4)cc3Oc3ccc(C(=O)NCCC(=O)OC(C)(C)C)cc3)ccc2c1.OB(O)c1cccc(Cl)c1. The van der Waals surface area contributed by atoms with Gasteiger partial charge in [0.05, 0.1) is 45.1 Å². The van der Waals surface area contributed by atoms with Gasteiger partial charge in [-0.05, 0) is 184 Å². The topological polar surface area (TPSA) is 235 Å². The summed E-state index contributed by atoms with van der Waals surface area (Å²) in [7, 11) is 1.86. The van der Waals surface area contributed by atoms with Crippen molar-refractivity contribution in [2.24, 2.45) is 0 Å². The Morgan fingerprint density at radius 1 is 0.551 bits per heavy atom. The molecule has 0 bridgehead atoms. The monoisotopic (exact) mass is 1240 g/mol. The molecule has 10 rings (SSSR count). The number of nitrogens with zero attached hydrogens (tertiary/aromatic N) is 3. The van der Waals surface area contributed by atoms with Gasteiger partial charge in [0.25, 0.3) is 11.8 Å². The second-order valence-electron chi connectivity index (χ2n) is 22.1. The van der Waals surface area contributed by atoms with Gasteiger partial charge in [-0.1, -0.05) is 77.8 Å². The summed E-state index contributed by atoms with van der Waals surface area (Å²) in [6.45, 7) is 11.2. The maximum Gasteiger partial charge on any atom is 0.488 e. The molecule has 8 aromatic carbocycles. The Hall–Kier alpha value is -9.66. The van der Waals surface area contributed by atoms with E-state index in [4.69, 9.17) is 66.8 Å². The lowest BCUT2D eigenvalue weighted by atomic mass is 9.81. The predicted octanol–water partition coefficient (Wildman–Crippen LogP) is 13.1. The number of ether oxygens (including phenoxy) is 6. The van der Waals surface area contributed by atoms with Crippen molar-refractivity contribution in [1.82, 2.24) is 30.6 Å². The summed E-state index contributed by atoms with van der Waals surface area (Å²) in [5, 5.41) is 40.1. The summed E-state index contributed by atoms with van der Waals surface area (Å²) in [4.78, 5) is 48.7. The fourth-order valence-corrected chi connectivity index (χ4v) is 9.15. The highest BCUT2D eigenvalue weighted by molar-refractivity contribution is 6.59. The predicted molar refractivity (Wildman–Crippen MR) is 346 cm³/mol. The molecule has 0 unspecified atom stereocenters. The minimum Gasteiger partial charge on any atom is -0.497 e. The first-order chi connectivity index (χ1) is 42.5. The van der Waals surface area contributed by atoms with Crippen LogP contribution in [0.5, 0.6) is 34.5 Å². The zero-order valence-electron chi connectivity index (χ0n) is 50.3. The number of esters is 2. The van der Waals surface area contributed by atoms with Crippen LogP contribution in [0.4, 0.5) is 0 Å². The number of carbonyl (C=O) groups is 4. The van der Waals surface area contributed by atoms with Crippen molar-refractivity contribution in [3.8, 4) is 62.7 Å². The molecule has 0 spiro atoms. The highest BCUT2D eigenvalue weighted by Gasteiger charge is 2.20. The lowest BCUT2D eigenvalue weighted by Gasteiger charge is -2.19. The van der Waals surface area contributed by atoms with Crippen LogP contribution in [0.15, 0.2) is 182 Å². The molecule has 0 aliphatic rings. The van der Waals surface area contributed by atoms with Crippen molar-refractivity contribution >= 4 is 81.1 Å². The summed E-state index contributed by atoms with van der Waals surface area (Å²) < 4.78 is 35.3. The lowest BCUT2D eigenvalue weighted by Crippen LogP contribution is -2.29. The molecule has 18 nitrogen and oxygen atoms in total. The first kappa shape index (κ1) is 65.3. The van der Waals surface area contributed by atoms with Crippen molar-refractivity contribution in [2.75, 3.05) is 27.3 Å². The van der Waals surface area contributed by atoms with E-state index in [1.54, 1.807) is 146 Å². The molecule has 89 heavy (non-hydrogen) atoms. The number of aromatic amines is 1. The van der Waals surface area contributed by atoms with Crippen molar-refractivity contribution in [1.29, 1.82) is 0 Å². The Kier molecular flexibility index (Phi) is 21.9. The van der Waals surface area contributed by atoms with Gasteiger partial charge in [-0.2, -0.15) is 10.2 Å². The quantitative estimate of drug-likeness (QED) is 0.0397. The van der Waals surface area contributed by atoms with Gasteiger partial charge < -0.3 is 49.1 Å². The molecular formula is C68H67BCl2N6O12. The number of aromatic nitrogens is 4. The Labute approximate surface area is 525 Å². The maximum absolute atomic E-state index is 12.6. The number of H-pyrrole nitrogens is 1.